The highest BCUT2D eigenvalue weighted by molar-refractivity contribution is 6.31. The molecule has 23 heavy (non-hydrogen) atoms. The molecule has 4 aromatic rings. The Bertz CT molecular complexity index is 1100. The number of nitrogens with zero attached hydrogens (tertiary/aromatic N) is 1. The van der Waals surface area contributed by atoms with Crippen molar-refractivity contribution in [3.05, 3.63) is 57.9 Å². The standard InChI is InChI=1S/C17H11ClN2O3/c1-22-11-3-5-15-9(6-11)7-12(17(21)23-15)16-19-13-4-2-10(18)8-14(13)20-16/h2-8H,1H3,(H,19,20). The van der Waals surface area contributed by atoms with Crippen LogP contribution in [0.2, 0.25) is 5.02 Å². The van der Waals surface area contributed by atoms with Crippen LogP contribution in [0.15, 0.2) is 51.7 Å². The second kappa shape index (κ2) is 5.14. The lowest BCUT2D eigenvalue weighted by atomic mass is 10.1. The topological polar surface area (TPSA) is 68.1 Å². The van der Waals surface area contributed by atoms with Crippen LogP contribution in [0.3, 0.4) is 0 Å². The summed E-state index contributed by atoms with van der Waals surface area (Å²) in [5.41, 5.74) is 1.90. The van der Waals surface area contributed by atoms with Gasteiger partial charge in [0.2, 0.25) is 0 Å². The third-order valence-corrected chi connectivity index (χ3v) is 3.87. The van der Waals surface area contributed by atoms with Crippen molar-refractivity contribution in [3.63, 3.8) is 0 Å². The molecule has 0 amide bonds. The van der Waals surface area contributed by atoms with Crippen LogP contribution in [0, 0.1) is 0 Å². The van der Waals surface area contributed by atoms with Crippen molar-refractivity contribution in [2.45, 2.75) is 0 Å². The number of H-pyrrole nitrogens is 1. The van der Waals surface area contributed by atoms with E-state index in [9.17, 15) is 4.79 Å². The van der Waals surface area contributed by atoms with Crippen molar-refractivity contribution >= 4 is 33.6 Å². The Morgan fingerprint density at radius 2 is 2.04 bits per heavy atom. The predicted molar refractivity (Wildman–Crippen MR) is 89.1 cm³/mol. The van der Waals surface area contributed by atoms with Gasteiger partial charge in [-0.25, -0.2) is 9.78 Å². The fraction of sp³-hybridized carbons (Fsp3) is 0.0588. The number of rotatable bonds is 2. The van der Waals surface area contributed by atoms with Gasteiger partial charge in [-0.15, -0.1) is 0 Å². The van der Waals surface area contributed by atoms with E-state index in [2.05, 4.69) is 9.97 Å². The van der Waals surface area contributed by atoms with Crippen LogP contribution in [0.4, 0.5) is 0 Å². The molecule has 5 nitrogen and oxygen atoms in total. The predicted octanol–water partition coefficient (Wildman–Crippen LogP) is 4.00. The first-order valence-corrected chi connectivity index (χ1v) is 7.29. The first-order valence-electron chi connectivity index (χ1n) is 6.91. The molecule has 0 saturated heterocycles. The van der Waals surface area contributed by atoms with Crippen LogP contribution < -0.4 is 10.4 Å². The molecule has 0 unspecified atom stereocenters. The number of halogens is 1. The number of fused-ring (bicyclic) bond motifs is 2. The summed E-state index contributed by atoms with van der Waals surface area (Å²) in [4.78, 5) is 19.8. The fourth-order valence-electron chi connectivity index (χ4n) is 2.50. The smallest absolute Gasteiger partial charge is 0.347 e. The lowest BCUT2D eigenvalue weighted by Gasteiger charge is -2.02. The molecule has 4 rings (SSSR count). The highest BCUT2D eigenvalue weighted by atomic mass is 35.5. The number of methoxy groups -OCH3 is 1. The largest absolute Gasteiger partial charge is 0.497 e. The Morgan fingerprint density at radius 3 is 2.87 bits per heavy atom. The van der Waals surface area contributed by atoms with Crippen LogP contribution in [0.25, 0.3) is 33.4 Å². The van der Waals surface area contributed by atoms with Gasteiger partial charge in [-0.3, -0.25) is 0 Å². The van der Waals surface area contributed by atoms with E-state index in [0.717, 1.165) is 16.4 Å². The molecule has 0 bridgehead atoms. The molecule has 2 aromatic carbocycles. The quantitative estimate of drug-likeness (QED) is 0.565. The van der Waals surface area contributed by atoms with Gasteiger partial charge in [0, 0.05) is 10.4 Å². The summed E-state index contributed by atoms with van der Waals surface area (Å²) < 4.78 is 10.6. The summed E-state index contributed by atoms with van der Waals surface area (Å²) >= 11 is 5.97. The maximum Gasteiger partial charge on any atom is 0.347 e. The fourth-order valence-corrected chi connectivity index (χ4v) is 2.68. The Hall–Kier alpha value is -2.79. The summed E-state index contributed by atoms with van der Waals surface area (Å²) in [5.74, 6) is 1.13. The number of aromatic amines is 1. The normalized spacial score (nSPS) is 11.2. The zero-order chi connectivity index (χ0) is 16.0. The molecule has 1 N–H and O–H groups in total. The summed E-state index contributed by atoms with van der Waals surface area (Å²) in [6.07, 6.45) is 0. The molecule has 2 aromatic heterocycles. The minimum Gasteiger partial charge on any atom is -0.497 e. The van der Waals surface area contributed by atoms with E-state index in [0.29, 0.717) is 27.7 Å². The maximum atomic E-state index is 12.2. The molecular formula is C17H11ClN2O3. The van der Waals surface area contributed by atoms with Gasteiger partial charge in [0.25, 0.3) is 0 Å². The third-order valence-electron chi connectivity index (χ3n) is 3.64. The Kier molecular flexibility index (Phi) is 3.09. The minimum atomic E-state index is -0.451. The molecule has 0 atom stereocenters. The molecule has 2 heterocycles. The molecular weight excluding hydrogens is 316 g/mol. The highest BCUT2D eigenvalue weighted by Crippen LogP contribution is 2.25. The van der Waals surface area contributed by atoms with Gasteiger partial charge in [0.05, 0.1) is 18.1 Å². The minimum absolute atomic E-state index is 0.359. The second-order valence-electron chi connectivity index (χ2n) is 5.10. The number of hydrogen-bond acceptors (Lipinski definition) is 4. The zero-order valence-corrected chi connectivity index (χ0v) is 12.8. The molecule has 0 spiro atoms. The first kappa shape index (κ1) is 13.8. The monoisotopic (exact) mass is 326 g/mol. The summed E-state index contributed by atoms with van der Waals surface area (Å²) in [7, 11) is 1.59. The molecule has 0 aliphatic rings. The molecule has 0 saturated carbocycles. The zero-order valence-electron chi connectivity index (χ0n) is 12.1. The van der Waals surface area contributed by atoms with Crippen molar-refractivity contribution in [2.24, 2.45) is 0 Å². The van der Waals surface area contributed by atoms with Crippen molar-refractivity contribution in [2.75, 3.05) is 7.11 Å². The van der Waals surface area contributed by atoms with Crippen molar-refractivity contribution < 1.29 is 9.15 Å². The van der Waals surface area contributed by atoms with Crippen molar-refractivity contribution in [1.82, 2.24) is 9.97 Å². The third kappa shape index (κ3) is 2.35. The van der Waals surface area contributed by atoms with Crippen LogP contribution >= 0.6 is 11.6 Å². The number of nitrogens with one attached hydrogen (secondary N) is 1. The molecule has 0 aliphatic carbocycles. The van der Waals surface area contributed by atoms with Crippen LogP contribution in [0.5, 0.6) is 5.75 Å². The Morgan fingerprint density at radius 1 is 1.17 bits per heavy atom. The summed E-state index contributed by atoms with van der Waals surface area (Å²) in [6, 6.07) is 12.3. The van der Waals surface area contributed by atoms with E-state index in [1.807, 2.05) is 0 Å². The average Bonchev–Trinajstić information content (AvgIpc) is 2.96. The summed E-state index contributed by atoms with van der Waals surface area (Å²) in [6.45, 7) is 0. The molecule has 0 radical (unpaired) electrons. The lowest BCUT2D eigenvalue weighted by Crippen LogP contribution is -2.03. The van der Waals surface area contributed by atoms with E-state index < -0.39 is 5.63 Å². The van der Waals surface area contributed by atoms with Crippen LogP contribution in [-0.4, -0.2) is 17.1 Å². The van der Waals surface area contributed by atoms with Gasteiger partial charge in [-0.1, -0.05) is 11.6 Å². The summed E-state index contributed by atoms with van der Waals surface area (Å²) in [5, 5.41) is 1.36. The van der Waals surface area contributed by atoms with Crippen LogP contribution in [-0.2, 0) is 0 Å². The molecule has 0 fully saturated rings. The number of hydrogen-bond donors (Lipinski definition) is 1. The lowest BCUT2D eigenvalue weighted by molar-refractivity contribution is 0.415. The van der Waals surface area contributed by atoms with E-state index >= 15 is 0 Å². The Labute approximate surface area is 135 Å². The van der Waals surface area contributed by atoms with Gasteiger partial charge in [0.15, 0.2) is 0 Å². The number of imidazole rings is 1. The van der Waals surface area contributed by atoms with Gasteiger partial charge < -0.3 is 14.1 Å². The molecule has 114 valence electrons. The molecule has 6 heteroatoms. The first-order chi connectivity index (χ1) is 11.1. The van der Waals surface area contributed by atoms with E-state index in [1.54, 1.807) is 49.6 Å². The SMILES string of the molecule is COc1ccc2oc(=O)c(-c3nc4ccc(Cl)cc4[nH]3)cc2c1. The van der Waals surface area contributed by atoms with Crippen LogP contribution in [0.1, 0.15) is 0 Å². The Balaban J connectivity index is 1.95. The average molecular weight is 327 g/mol. The second-order valence-corrected chi connectivity index (χ2v) is 5.53. The van der Waals surface area contributed by atoms with Gasteiger partial charge >= 0.3 is 5.63 Å². The maximum absolute atomic E-state index is 12.2. The van der Waals surface area contributed by atoms with E-state index in [4.69, 9.17) is 20.8 Å². The van der Waals surface area contributed by atoms with Gasteiger partial charge in [-0.2, -0.15) is 0 Å². The molecule has 0 aliphatic heterocycles. The number of benzene rings is 2. The van der Waals surface area contributed by atoms with Gasteiger partial charge in [0.1, 0.15) is 22.7 Å². The van der Waals surface area contributed by atoms with E-state index in [1.165, 1.54) is 0 Å². The van der Waals surface area contributed by atoms with Crippen molar-refractivity contribution in [1.29, 1.82) is 0 Å². The van der Waals surface area contributed by atoms with E-state index in [-0.39, 0.29) is 0 Å². The van der Waals surface area contributed by atoms with Gasteiger partial charge in [-0.05, 0) is 42.5 Å². The number of ether oxygens (including phenoxy) is 1. The highest BCUT2D eigenvalue weighted by Gasteiger charge is 2.13. The number of aromatic nitrogens is 2. The van der Waals surface area contributed by atoms with Crippen molar-refractivity contribution in [3.8, 4) is 17.1 Å².